The Labute approximate surface area is 121 Å². The van der Waals surface area contributed by atoms with Crippen molar-refractivity contribution in [3.8, 4) is 5.75 Å². The number of aryl methyl sites for hydroxylation is 1. The highest BCUT2D eigenvalue weighted by molar-refractivity contribution is 5.35. The van der Waals surface area contributed by atoms with E-state index in [2.05, 4.69) is 10.3 Å². The molecule has 21 heavy (non-hydrogen) atoms. The quantitative estimate of drug-likeness (QED) is 0.859. The molecule has 0 fully saturated rings. The molecule has 0 aliphatic heterocycles. The van der Waals surface area contributed by atoms with Crippen molar-refractivity contribution in [2.75, 3.05) is 18.5 Å². The maximum atomic E-state index is 13.0. The van der Waals surface area contributed by atoms with Gasteiger partial charge >= 0.3 is 0 Å². The van der Waals surface area contributed by atoms with E-state index < -0.39 is 17.7 Å². The average Bonchev–Trinajstić information content (AvgIpc) is 2.46. The maximum absolute atomic E-state index is 13.0. The van der Waals surface area contributed by atoms with Crippen LogP contribution in [0.1, 0.15) is 5.69 Å². The van der Waals surface area contributed by atoms with Gasteiger partial charge in [-0.2, -0.15) is 0 Å². The van der Waals surface area contributed by atoms with Gasteiger partial charge in [0.05, 0.1) is 0 Å². The van der Waals surface area contributed by atoms with Gasteiger partial charge in [0.2, 0.25) is 0 Å². The van der Waals surface area contributed by atoms with E-state index in [1.54, 1.807) is 6.07 Å². The third-order valence-electron chi connectivity index (χ3n) is 2.74. The van der Waals surface area contributed by atoms with Crippen LogP contribution in [0.15, 0.2) is 36.4 Å². The lowest BCUT2D eigenvalue weighted by molar-refractivity contribution is 0.117. The van der Waals surface area contributed by atoms with E-state index in [4.69, 9.17) is 4.74 Å². The number of pyridine rings is 1. The van der Waals surface area contributed by atoms with Gasteiger partial charge in [-0.15, -0.1) is 0 Å². The van der Waals surface area contributed by atoms with Gasteiger partial charge in [-0.25, -0.2) is 13.8 Å². The Kier molecular flexibility index (Phi) is 5.05. The number of aromatic nitrogens is 1. The SMILES string of the molecule is Cc1cccc(NCC(O)COc2ccc(F)c(F)c2)n1. The molecule has 1 heterocycles. The molecule has 1 aromatic heterocycles. The van der Waals surface area contributed by atoms with Crippen LogP contribution in [-0.4, -0.2) is 29.3 Å². The van der Waals surface area contributed by atoms with Crippen molar-refractivity contribution < 1.29 is 18.6 Å². The Bertz CT molecular complexity index is 608. The normalized spacial score (nSPS) is 12.0. The molecule has 2 rings (SSSR count). The topological polar surface area (TPSA) is 54.4 Å². The summed E-state index contributed by atoms with van der Waals surface area (Å²) in [4.78, 5) is 4.23. The zero-order chi connectivity index (χ0) is 15.2. The molecule has 0 aliphatic rings. The molecular weight excluding hydrogens is 278 g/mol. The number of anilines is 1. The predicted molar refractivity (Wildman–Crippen MR) is 75.3 cm³/mol. The van der Waals surface area contributed by atoms with Crippen LogP contribution in [0.3, 0.4) is 0 Å². The lowest BCUT2D eigenvalue weighted by Crippen LogP contribution is -2.26. The predicted octanol–water partition coefficient (Wildman–Crippen LogP) is 2.52. The van der Waals surface area contributed by atoms with Gasteiger partial charge < -0.3 is 15.2 Å². The molecule has 1 unspecified atom stereocenters. The summed E-state index contributed by atoms with van der Waals surface area (Å²) in [6.45, 7) is 2.07. The first-order valence-electron chi connectivity index (χ1n) is 6.48. The summed E-state index contributed by atoms with van der Waals surface area (Å²) in [5, 5.41) is 12.7. The fourth-order valence-corrected chi connectivity index (χ4v) is 1.68. The molecule has 0 saturated carbocycles. The van der Waals surface area contributed by atoms with E-state index in [9.17, 15) is 13.9 Å². The fraction of sp³-hybridized carbons (Fsp3) is 0.267. The van der Waals surface area contributed by atoms with Crippen LogP contribution in [0.4, 0.5) is 14.6 Å². The van der Waals surface area contributed by atoms with Crippen LogP contribution >= 0.6 is 0 Å². The van der Waals surface area contributed by atoms with Crippen molar-refractivity contribution in [2.24, 2.45) is 0 Å². The molecule has 4 nitrogen and oxygen atoms in total. The number of nitrogens with one attached hydrogen (secondary N) is 1. The molecule has 1 aromatic carbocycles. The molecular formula is C15H16F2N2O2. The fourth-order valence-electron chi connectivity index (χ4n) is 1.68. The Hall–Kier alpha value is -2.21. The van der Waals surface area contributed by atoms with Crippen LogP contribution in [0, 0.1) is 18.6 Å². The zero-order valence-corrected chi connectivity index (χ0v) is 11.5. The molecule has 0 amide bonds. The first-order chi connectivity index (χ1) is 10.0. The van der Waals surface area contributed by atoms with Crippen molar-refractivity contribution in [1.29, 1.82) is 0 Å². The number of hydrogen-bond donors (Lipinski definition) is 2. The molecule has 0 bridgehead atoms. The summed E-state index contributed by atoms with van der Waals surface area (Å²) in [7, 11) is 0. The third kappa shape index (κ3) is 4.68. The number of ether oxygens (including phenoxy) is 1. The van der Waals surface area contributed by atoms with Gasteiger partial charge in [-0.1, -0.05) is 6.07 Å². The van der Waals surface area contributed by atoms with Gasteiger partial charge in [-0.05, 0) is 31.2 Å². The van der Waals surface area contributed by atoms with Gasteiger partial charge in [0.1, 0.15) is 24.3 Å². The van der Waals surface area contributed by atoms with E-state index in [-0.39, 0.29) is 18.9 Å². The first kappa shape index (κ1) is 15.2. The summed E-state index contributed by atoms with van der Waals surface area (Å²) in [5.74, 6) is -1.09. The third-order valence-corrected chi connectivity index (χ3v) is 2.74. The standard InChI is InChI=1S/C15H16F2N2O2/c1-10-3-2-4-15(19-10)18-8-11(20)9-21-12-5-6-13(16)14(17)7-12/h2-7,11,20H,8-9H2,1H3,(H,18,19). The van der Waals surface area contributed by atoms with Crippen molar-refractivity contribution in [3.63, 3.8) is 0 Å². The molecule has 0 aliphatic carbocycles. The van der Waals surface area contributed by atoms with Crippen LogP contribution in [0.5, 0.6) is 5.75 Å². The summed E-state index contributed by atoms with van der Waals surface area (Å²) in [6, 6.07) is 8.74. The van der Waals surface area contributed by atoms with Crippen LogP contribution in [-0.2, 0) is 0 Å². The van der Waals surface area contributed by atoms with Crippen LogP contribution in [0.2, 0.25) is 0 Å². The number of halogens is 2. The van der Waals surface area contributed by atoms with Crippen molar-refractivity contribution in [2.45, 2.75) is 13.0 Å². The van der Waals surface area contributed by atoms with Crippen molar-refractivity contribution >= 4 is 5.82 Å². The van der Waals surface area contributed by atoms with E-state index >= 15 is 0 Å². The highest BCUT2D eigenvalue weighted by atomic mass is 19.2. The van der Waals surface area contributed by atoms with Crippen molar-refractivity contribution in [1.82, 2.24) is 4.98 Å². The summed E-state index contributed by atoms with van der Waals surface area (Å²) < 4.78 is 30.9. The largest absolute Gasteiger partial charge is 0.491 e. The summed E-state index contributed by atoms with van der Waals surface area (Å²) in [6.07, 6.45) is -0.805. The minimum atomic E-state index is -0.982. The molecule has 2 aromatic rings. The second kappa shape index (κ2) is 6.99. The highest BCUT2D eigenvalue weighted by Gasteiger charge is 2.08. The first-order valence-corrected chi connectivity index (χ1v) is 6.48. The molecule has 0 spiro atoms. The minimum Gasteiger partial charge on any atom is -0.491 e. The number of aliphatic hydroxyl groups is 1. The Morgan fingerprint density at radius 1 is 1.24 bits per heavy atom. The molecule has 112 valence electrons. The van der Waals surface area contributed by atoms with E-state index in [1.165, 1.54) is 6.07 Å². The molecule has 6 heteroatoms. The summed E-state index contributed by atoms with van der Waals surface area (Å²) in [5.41, 5.74) is 0.868. The lowest BCUT2D eigenvalue weighted by Gasteiger charge is -2.14. The maximum Gasteiger partial charge on any atom is 0.162 e. The molecule has 0 radical (unpaired) electrons. The second-order valence-electron chi connectivity index (χ2n) is 4.59. The van der Waals surface area contributed by atoms with Gasteiger partial charge in [0.25, 0.3) is 0 Å². The smallest absolute Gasteiger partial charge is 0.162 e. The number of benzene rings is 1. The van der Waals surface area contributed by atoms with E-state index in [1.807, 2.05) is 19.1 Å². The Balaban J connectivity index is 1.79. The molecule has 1 atom stereocenters. The molecule has 0 saturated heterocycles. The Morgan fingerprint density at radius 2 is 2.05 bits per heavy atom. The second-order valence-corrected chi connectivity index (χ2v) is 4.59. The number of aliphatic hydroxyl groups excluding tert-OH is 1. The minimum absolute atomic E-state index is 0.0378. The summed E-state index contributed by atoms with van der Waals surface area (Å²) >= 11 is 0. The number of rotatable bonds is 6. The van der Waals surface area contributed by atoms with E-state index in [0.717, 1.165) is 17.8 Å². The zero-order valence-electron chi connectivity index (χ0n) is 11.5. The van der Waals surface area contributed by atoms with Crippen LogP contribution < -0.4 is 10.1 Å². The van der Waals surface area contributed by atoms with Gasteiger partial charge in [0, 0.05) is 18.3 Å². The number of nitrogens with zero attached hydrogens (tertiary/aromatic N) is 1. The average molecular weight is 294 g/mol. The Morgan fingerprint density at radius 3 is 2.76 bits per heavy atom. The van der Waals surface area contributed by atoms with Crippen molar-refractivity contribution in [3.05, 3.63) is 53.7 Å². The van der Waals surface area contributed by atoms with E-state index in [0.29, 0.717) is 5.82 Å². The van der Waals surface area contributed by atoms with Gasteiger partial charge in [-0.3, -0.25) is 0 Å². The van der Waals surface area contributed by atoms with Crippen LogP contribution in [0.25, 0.3) is 0 Å². The monoisotopic (exact) mass is 294 g/mol. The lowest BCUT2D eigenvalue weighted by atomic mass is 10.3. The highest BCUT2D eigenvalue weighted by Crippen LogP contribution is 2.15. The number of hydrogen-bond acceptors (Lipinski definition) is 4. The molecule has 2 N–H and O–H groups in total. The van der Waals surface area contributed by atoms with Gasteiger partial charge in [0.15, 0.2) is 11.6 Å².